The molecule has 7 heteroatoms. The number of allylic oxidation sites excluding steroid dienone is 1. The largest absolute Gasteiger partial charge is 0.464 e. The van der Waals surface area contributed by atoms with Gasteiger partial charge in [0.2, 0.25) is 6.29 Å². The molecule has 0 aromatic heterocycles. The van der Waals surface area contributed by atoms with Crippen molar-refractivity contribution < 1.29 is 29.6 Å². The van der Waals surface area contributed by atoms with E-state index in [4.69, 9.17) is 9.47 Å². The molecule has 1 aliphatic heterocycles. The van der Waals surface area contributed by atoms with Crippen LogP contribution in [0.3, 0.4) is 0 Å². The minimum atomic E-state index is -1.17. The van der Waals surface area contributed by atoms with Crippen LogP contribution in [0, 0.1) is 0 Å². The summed E-state index contributed by atoms with van der Waals surface area (Å²) in [6, 6.07) is 6.96. The number of ether oxygens (including phenoxy) is 2. The molecule has 0 amide bonds. The molecule has 4 N–H and O–H groups in total. The summed E-state index contributed by atoms with van der Waals surface area (Å²) >= 11 is 0. The van der Waals surface area contributed by atoms with Gasteiger partial charge in [0.15, 0.2) is 6.29 Å². The number of aldehydes is 1. The van der Waals surface area contributed by atoms with Gasteiger partial charge in [-0.15, -0.1) is 0 Å². The first kappa shape index (κ1) is 19.4. The van der Waals surface area contributed by atoms with Crippen molar-refractivity contribution in [3.63, 3.8) is 0 Å². The van der Waals surface area contributed by atoms with Crippen LogP contribution in [0.25, 0.3) is 0 Å². The molecule has 1 saturated heterocycles. The Balaban J connectivity index is 1.88. The molecule has 1 aromatic carbocycles. The molecule has 2 rings (SSSR count). The topological polar surface area (TPSA) is 108 Å². The lowest BCUT2D eigenvalue weighted by Crippen LogP contribution is -2.48. The van der Waals surface area contributed by atoms with Gasteiger partial charge in [0, 0.05) is 12.1 Å². The third kappa shape index (κ3) is 6.13. The zero-order valence-corrected chi connectivity index (χ0v) is 14.0. The molecule has 25 heavy (non-hydrogen) atoms. The normalized spacial score (nSPS) is 24.4. The first-order valence-corrected chi connectivity index (χ1v) is 8.28. The van der Waals surface area contributed by atoms with Crippen LogP contribution in [0.5, 0.6) is 5.75 Å². The van der Waals surface area contributed by atoms with Crippen LogP contribution in [0.4, 0.5) is 0 Å². The van der Waals surface area contributed by atoms with Crippen LogP contribution in [0.1, 0.15) is 24.8 Å². The predicted molar refractivity (Wildman–Crippen MR) is 90.7 cm³/mol. The minimum absolute atomic E-state index is 0.0808. The van der Waals surface area contributed by atoms with Crippen LogP contribution in [0.15, 0.2) is 36.5 Å². The third-order valence-corrected chi connectivity index (χ3v) is 4.00. The highest BCUT2D eigenvalue weighted by atomic mass is 16.6. The lowest BCUT2D eigenvalue weighted by Gasteiger charge is -2.32. The number of aliphatic hydroxyl groups is 3. The van der Waals surface area contributed by atoms with Gasteiger partial charge in [0.05, 0.1) is 25.2 Å². The van der Waals surface area contributed by atoms with Crippen molar-refractivity contribution in [2.75, 3.05) is 6.61 Å². The summed E-state index contributed by atoms with van der Waals surface area (Å²) in [5.74, 6) is 0.520. The van der Waals surface area contributed by atoms with Crippen molar-refractivity contribution in [3.8, 4) is 5.75 Å². The Hall–Kier alpha value is -1.93. The fourth-order valence-corrected chi connectivity index (χ4v) is 2.65. The molecule has 0 aliphatic carbocycles. The van der Waals surface area contributed by atoms with Gasteiger partial charge in [0.25, 0.3) is 0 Å². The molecule has 1 aromatic rings. The zero-order valence-electron chi connectivity index (χ0n) is 14.0. The molecule has 0 radical (unpaired) electrons. The van der Waals surface area contributed by atoms with Crippen molar-refractivity contribution in [3.05, 3.63) is 42.1 Å². The summed E-state index contributed by atoms with van der Waals surface area (Å²) < 4.78 is 10.4. The molecular formula is C18H25NO6. The molecule has 1 heterocycles. The minimum Gasteiger partial charge on any atom is -0.464 e. The number of carbonyl (C=O) groups excluding carboxylic acids is 1. The van der Waals surface area contributed by atoms with Crippen molar-refractivity contribution in [1.82, 2.24) is 5.32 Å². The second-order valence-corrected chi connectivity index (χ2v) is 6.03. The number of nitrogens with one attached hydrogen (secondary N) is 1. The monoisotopic (exact) mass is 351 g/mol. The number of carbonyl (C=O) groups is 1. The number of aliphatic hydroxyl groups excluding tert-OH is 3. The van der Waals surface area contributed by atoms with Gasteiger partial charge in [-0.3, -0.25) is 0 Å². The van der Waals surface area contributed by atoms with Crippen LogP contribution in [0.2, 0.25) is 0 Å². The van der Waals surface area contributed by atoms with Gasteiger partial charge in [-0.2, -0.15) is 0 Å². The number of aryl methyl sites for hydroxylation is 1. The maximum atomic E-state index is 10.4. The SMILES string of the molecule is C=C(CCc1ccccc1O[C@@H](O)CC=O)NC1CC(O)OCC1O. The highest BCUT2D eigenvalue weighted by molar-refractivity contribution is 5.49. The fraction of sp³-hybridized carbons (Fsp3) is 0.500. The Bertz CT molecular complexity index is 578. The van der Waals surface area contributed by atoms with Crippen LogP contribution < -0.4 is 10.1 Å². The number of rotatable bonds is 9. The van der Waals surface area contributed by atoms with E-state index < -0.39 is 18.7 Å². The van der Waals surface area contributed by atoms with Crippen LogP contribution >= 0.6 is 0 Å². The number of para-hydroxylation sites is 1. The smallest absolute Gasteiger partial charge is 0.204 e. The molecule has 1 aliphatic rings. The number of hydrogen-bond donors (Lipinski definition) is 4. The molecule has 3 unspecified atom stereocenters. The summed E-state index contributed by atoms with van der Waals surface area (Å²) in [4.78, 5) is 10.4. The first-order valence-electron chi connectivity index (χ1n) is 8.28. The van der Waals surface area contributed by atoms with E-state index in [0.717, 1.165) is 11.3 Å². The van der Waals surface area contributed by atoms with E-state index in [1.807, 2.05) is 12.1 Å². The third-order valence-electron chi connectivity index (χ3n) is 4.00. The lowest BCUT2D eigenvalue weighted by atomic mass is 10.0. The summed E-state index contributed by atoms with van der Waals surface area (Å²) in [5.41, 5.74) is 1.60. The second-order valence-electron chi connectivity index (χ2n) is 6.03. The van der Waals surface area contributed by atoms with Gasteiger partial charge in [0.1, 0.15) is 12.0 Å². The molecular weight excluding hydrogens is 326 g/mol. The summed E-state index contributed by atoms with van der Waals surface area (Å²) in [6.45, 7) is 4.04. The molecule has 138 valence electrons. The Morgan fingerprint density at radius 2 is 2.20 bits per heavy atom. The number of hydrogen-bond acceptors (Lipinski definition) is 7. The lowest BCUT2D eigenvalue weighted by molar-refractivity contribution is -0.165. The van der Waals surface area contributed by atoms with Crippen molar-refractivity contribution in [1.29, 1.82) is 0 Å². The second kappa shape index (κ2) is 9.53. The Kier molecular flexibility index (Phi) is 7.39. The maximum absolute atomic E-state index is 10.4. The van der Waals surface area contributed by atoms with E-state index in [9.17, 15) is 20.1 Å². The Labute approximate surface area is 146 Å². The van der Waals surface area contributed by atoms with Crippen LogP contribution in [-0.2, 0) is 16.0 Å². The van der Waals surface area contributed by atoms with E-state index in [1.165, 1.54) is 0 Å². The average molecular weight is 351 g/mol. The molecule has 0 spiro atoms. The number of benzene rings is 1. The Morgan fingerprint density at radius 1 is 1.44 bits per heavy atom. The van der Waals surface area contributed by atoms with Gasteiger partial charge >= 0.3 is 0 Å². The van der Waals surface area contributed by atoms with Crippen molar-refractivity contribution in [2.24, 2.45) is 0 Å². The van der Waals surface area contributed by atoms with Gasteiger partial charge in [-0.1, -0.05) is 24.8 Å². The van der Waals surface area contributed by atoms with E-state index >= 15 is 0 Å². The molecule has 4 atom stereocenters. The van der Waals surface area contributed by atoms with Crippen LogP contribution in [-0.4, -0.2) is 52.9 Å². The summed E-state index contributed by atoms with van der Waals surface area (Å²) in [7, 11) is 0. The molecule has 1 fully saturated rings. The van der Waals surface area contributed by atoms with Crippen molar-refractivity contribution >= 4 is 6.29 Å². The van der Waals surface area contributed by atoms with Gasteiger partial charge in [-0.25, -0.2) is 0 Å². The van der Waals surface area contributed by atoms with Gasteiger partial charge < -0.3 is 34.9 Å². The average Bonchev–Trinajstić information content (AvgIpc) is 2.57. The quantitative estimate of drug-likeness (QED) is 0.378. The molecule has 0 saturated carbocycles. The first-order chi connectivity index (χ1) is 12.0. The summed E-state index contributed by atoms with van der Waals surface area (Å²) in [6.07, 6.45) is -0.755. The fourth-order valence-electron chi connectivity index (χ4n) is 2.65. The van der Waals surface area contributed by atoms with E-state index in [1.54, 1.807) is 12.1 Å². The zero-order chi connectivity index (χ0) is 18.2. The summed E-state index contributed by atoms with van der Waals surface area (Å²) in [5, 5.41) is 32.2. The highest BCUT2D eigenvalue weighted by Gasteiger charge is 2.28. The standard InChI is InChI=1S/C18H25NO6/c1-12(19-14-10-18(23)24-11-15(14)21)6-7-13-4-2-3-5-16(13)25-17(22)8-9-20/h2-5,9,14-15,17-19,21-23H,1,6-8,10-11H2/t14?,15?,17-,18?/m1/s1. The molecule has 7 nitrogen and oxygen atoms in total. The van der Waals surface area contributed by atoms with E-state index in [2.05, 4.69) is 11.9 Å². The van der Waals surface area contributed by atoms with Crippen molar-refractivity contribution in [2.45, 2.75) is 50.4 Å². The molecule has 0 bridgehead atoms. The van der Waals surface area contributed by atoms with Gasteiger partial charge in [-0.05, 0) is 24.5 Å². The predicted octanol–water partition coefficient (Wildman–Crippen LogP) is 0.477. The van der Waals surface area contributed by atoms with E-state index in [0.29, 0.717) is 24.9 Å². The highest BCUT2D eigenvalue weighted by Crippen LogP contribution is 2.22. The Morgan fingerprint density at radius 3 is 2.96 bits per heavy atom. The van der Waals surface area contributed by atoms with E-state index in [-0.39, 0.29) is 25.5 Å². The maximum Gasteiger partial charge on any atom is 0.204 e.